The summed E-state index contributed by atoms with van der Waals surface area (Å²) >= 11 is 0. The van der Waals surface area contributed by atoms with E-state index in [-0.39, 0.29) is 24.2 Å². The Balaban J connectivity index is 1.86. The number of carbonyl (C=O) groups is 2. The van der Waals surface area contributed by atoms with Gasteiger partial charge in [-0.2, -0.15) is 0 Å². The predicted octanol–water partition coefficient (Wildman–Crippen LogP) is 2.95. The second-order valence-electron chi connectivity index (χ2n) is 6.05. The highest BCUT2D eigenvalue weighted by atomic mass is 19.1. The number of piperidine rings is 1. The van der Waals surface area contributed by atoms with E-state index in [1.807, 2.05) is 6.92 Å². The average molecular weight is 350 g/mol. The smallest absolute Gasteiger partial charge is 0.308 e. The lowest BCUT2D eigenvalue weighted by Gasteiger charge is -2.35. The fourth-order valence-electron chi connectivity index (χ4n) is 2.93. The minimum Gasteiger partial charge on any atom is -0.481 e. The number of hydrogen-bond acceptors (Lipinski definition) is 4. The summed E-state index contributed by atoms with van der Waals surface area (Å²) in [5, 5.41) is 9.15. The molecule has 1 aromatic heterocycles. The number of rotatable bonds is 3. The molecule has 2 heterocycles. The van der Waals surface area contributed by atoms with Gasteiger partial charge in [0.15, 0.2) is 5.69 Å². The normalized spacial score (nSPS) is 20.5. The van der Waals surface area contributed by atoms with Crippen molar-refractivity contribution in [3.63, 3.8) is 0 Å². The van der Waals surface area contributed by atoms with Crippen molar-refractivity contribution in [2.24, 2.45) is 5.92 Å². The van der Waals surface area contributed by atoms with Crippen molar-refractivity contribution >= 4 is 11.9 Å². The van der Waals surface area contributed by atoms with Crippen LogP contribution in [0.25, 0.3) is 11.5 Å². The lowest BCUT2D eigenvalue weighted by atomic mass is 9.93. The number of oxazole rings is 1. The Hall–Kier alpha value is -2.77. The van der Waals surface area contributed by atoms with E-state index < -0.39 is 35.0 Å². The van der Waals surface area contributed by atoms with Gasteiger partial charge in [-0.3, -0.25) is 9.59 Å². The first-order chi connectivity index (χ1) is 11.9. The summed E-state index contributed by atoms with van der Waals surface area (Å²) in [4.78, 5) is 29.1. The first-order valence-electron chi connectivity index (χ1n) is 7.82. The van der Waals surface area contributed by atoms with Crippen LogP contribution in [-0.4, -0.2) is 39.5 Å². The zero-order valence-electron chi connectivity index (χ0n) is 13.4. The summed E-state index contributed by atoms with van der Waals surface area (Å²) < 4.78 is 32.7. The third kappa shape index (κ3) is 3.24. The molecular weight excluding hydrogens is 334 g/mol. The molecule has 1 saturated heterocycles. The highest BCUT2D eigenvalue weighted by Crippen LogP contribution is 2.27. The molecule has 2 atom stereocenters. The Morgan fingerprint density at radius 1 is 1.28 bits per heavy atom. The maximum absolute atomic E-state index is 13.8. The molecule has 1 N–H and O–H groups in total. The molecule has 8 heteroatoms. The summed E-state index contributed by atoms with van der Waals surface area (Å²) in [6.45, 7) is 1.87. The van der Waals surface area contributed by atoms with Gasteiger partial charge < -0.3 is 14.4 Å². The molecule has 1 aromatic carbocycles. The van der Waals surface area contributed by atoms with Crippen molar-refractivity contribution in [2.45, 2.75) is 25.8 Å². The van der Waals surface area contributed by atoms with Gasteiger partial charge in [0.1, 0.15) is 23.5 Å². The van der Waals surface area contributed by atoms with E-state index in [2.05, 4.69) is 4.98 Å². The van der Waals surface area contributed by atoms with E-state index >= 15 is 0 Å². The molecule has 2 unspecified atom stereocenters. The largest absolute Gasteiger partial charge is 0.481 e. The quantitative estimate of drug-likeness (QED) is 0.920. The van der Waals surface area contributed by atoms with Crippen LogP contribution in [0.5, 0.6) is 0 Å². The van der Waals surface area contributed by atoms with E-state index in [4.69, 9.17) is 9.52 Å². The molecule has 1 amide bonds. The second-order valence-corrected chi connectivity index (χ2v) is 6.05. The number of amides is 1. The Kier molecular flexibility index (Phi) is 4.52. The van der Waals surface area contributed by atoms with Crippen molar-refractivity contribution < 1.29 is 27.9 Å². The minimum absolute atomic E-state index is 0.0611. The topological polar surface area (TPSA) is 83.6 Å². The Morgan fingerprint density at radius 2 is 1.96 bits per heavy atom. The van der Waals surface area contributed by atoms with Gasteiger partial charge in [-0.05, 0) is 31.9 Å². The van der Waals surface area contributed by atoms with Crippen LogP contribution < -0.4 is 0 Å². The van der Waals surface area contributed by atoms with Gasteiger partial charge in [-0.25, -0.2) is 13.8 Å². The summed E-state index contributed by atoms with van der Waals surface area (Å²) in [5.74, 6) is -4.16. The predicted molar refractivity (Wildman–Crippen MR) is 82.7 cm³/mol. The molecular formula is C17H16F2N2O4. The number of benzene rings is 1. The van der Waals surface area contributed by atoms with Crippen LogP contribution in [-0.2, 0) is 4.79 Å². The standard InChI is InChI=1S/C17H16F2N2O4/c1-9-5-6-10(17(23)24)7-21(9)16(22)13-8-25-15(20-13)14-11(18)3-2-4-12(14)19/h2-4,8-10H,5-7H2,1H3,(H,23,24). The van der Waals surface area contributed by atoms with E-state index in [1.54, 1.807) is 0 Å². The number of hydrogen-bond donors (Lipinski definition) is 1. The zero-order valence-corrected chi connectivity index (χ0v) is 13.4. The van der Waals surface area contributed by atoms with Crippen molar-refractivity contribution in [3.05, 3.63) is 41.8 Å². The maximum Gasteiger partial charge on any atom is 0.308 e. The van der Waals surface area contributed by atoms with Crippen molar-refractivity contribution in [1.29, 1.82) is 0 Å². The third-order valence-electron chi connectivity index (χ3n) is 4.39. The molecule has 0 spiro atoms. The molecule has 0 saturated carbocycles. The summed E-state index contributed by atoms with van der Waals surface area (Å²) in [5.41, 5.74) is -0.563. The molecule has 6 nitrogen and oxygen atoms in total. The van der Waals surface area contributed by atoms with Crippen LogP contribution in [0.3, 0.4) is 0 Å². The first-order valence-corrected chi connectivity index (χ1v) is 7.82. The van der Waals surface area contributed by atoms with Gasteiger partial charge >= 0.3 is 5.97 Å². The summed E-state index contributed by atoms with van der Waals surface area (Å²) in [7, 11) is 0. The van der Waals surface area contributed by atoms with Crippen molar-refractivity contribution in [3.8, 4) is 11.5 Å². The number of carbonyl (C=O) groups excluding carboxylic acids is 1. The number of halogens is 2. The van der Waals surface area contributed by atoms with Crippen molar-refractivity contribution in [2.75, 3.05) is 6.54 Å². The number of carboxylic acids is 1. The second kappa shape index (κ2) is 6.62. The molecule has 1 aliphatic heterocycles. The molecule has 132 valence electrons. The Labute approximate surface area is 142 Å². The lowest BCUT2D eigenvalue weighted by molar-refractivity contribution is -0.143. The SMILES string of the molecule is CC1CCC(C(=O)O)CN1C(=O)c1coc(-c2c(F)cccc2F)n1. The van der Waals surface area contributed by atoms with Gasteiger partial charge in [0.05, 0.1) is 5.92 Å². The molecule has 1 aliphatic rings. The Morgan fingerprint density at radius 3 is 2.60 bits per heavy atom. The molecule has 0 bridgehead atoms. The van der Waals surface area contributed by atoms with Gasteiger partial charge in [0, 0.05) is 12.6 Å². The average Bonchev–Trinajstić information content (AvgIpc) is 3.04. The van der Waals surface area contributed by atoms with Gasteiger partial charge in [0.2, 0.25) is 5.89 Å². The monoisotopic (exact) mass is 350 g/mol. The fourth-order valence-corrected chi connectivity index (χ4v) is 2.93. The summed E-state index contributed by atoms with van der Waals surface area (Å²) in [6.07, 6.45) is 2.07. The van der Waals surface area contributed by atoms with Crippen LogP contribution in [0.4, 0.5) is 8.78 Å². The van der Waals surface area contributed by atoms with E-state index in [0.717, 1.165) is 18.4 Å². The van der Waals surface area contributed by atoms with E-state index in [9.17, 15) is 18.4 Å². The number of aliphatic carboxylic acids is 1. The highest BCUT2D eigenvalue weighted by Gasteiger charge is 2.34. The van der Waals surface area contributed by atoms with Crippen LogP contribution >= 0.6 is 0 Å². The molecule has 25 heavy (non-hydrogen) atoms. The first kappa shape index (κ1) is 17.1. The van der Waals surface area contributed by atoms with E-state index in [0.29, 0.717) is 12.8 Å². The van der Waals surface area contributed by atoms with Crippen LogP contribution in [0.1, 0.15) is 30.3 Å². The number of carboxylic acid groups (broad SMARTS) is 1. The zero-order chi connectivity index (χ0) is 18.1. The van der Waals surface area contributed by atoms with Gasteiger partial charge in [-0.15, -0.1) is 0 Å². The molecule has 2 aromatic rings. The molecule has 1 fully saturated rings. The molecule has 3 rings (SSSR count). The maximum atomic E-state index is 13.8. The highest BCUT2D eigenvalue weighted by molar-refractivity contribution is 5.93. The van der Waals surface area contributed by atoms with Crippen molar-refractivity contribution in [1.82, 2.24) is 9.88 Å². The van der Waals surface area contributed by atoms with Crippen LogP contribution in [0.15, 0.2) is 28.9 Å². The lowest BCUT2D eigenvalue weighted by Crippen LogP contribution is -2.47. The number of nitrogens with zero attached hydrogens (tertiary/aromatic N) is 2. The summed E-state index contributed by atoms with van der Waals surface area (Å²) in [6, 6.07) is 3.18. The Bertz CT molecular complexity index is 800. The van der Waals surface area contributed by atoms with Gasteiger partial charge in [-0.1, -0.05) is 6.07 Å². The third-order valence-corrected chi connectivity index (χ3v) is 4.39. The van der Waals surface area contributed by atoms with Crippen LogP contribution in [0, 0.1) is 17.6 Å². The fraction of sp³-hybridized carbons (Fsp3) is 0.353. The van der Waals surface area contributed by atoms with Crippen LogP contribution in [0.2, 0.25) is 0 Å². The van der Waals surface area contributed by atoms with E-state index in [1.165, 1.54) is 11.0 Å². The number of aromatic nitrogens is 1. The van der Waals surface area contributed by atoms with Gasteiger partial charge in [0.25, 0.3) is 5.91 Å². The molecule has 0 aliphatic carbocycles. The number of likely N-dealkylation sites (tertiary alicyclic amines) is 1. The molecule has 0 radical (unpaired) electrons. The minimum atomic E-state index is -0.959.